The zero-order chi connectivity index (χ0) is 9.14. The normalized spacial score (nSPS) is 9.50. The second-order valence-electron chi connectivity index (χ2n) is 2.37. The van der Waals surface area contributed by atoms with Crippen LogP contribution in [-0.4, -0.2) is 23.2 Å². The predicted molar refractivity (Wildman–Crippen MR) is 42.0 cm³/mol. The maximum atomic E-state index is 10.9. The molecule has 1 aromatic rings. The van der Waals surface area contributed by atoms with E-state index in [1.54, 1.807) is 6.92 Å². The number of pyridine rings is 1. The van der Waals surface area contributed by atoms with Crippen molar-refractivity contribution in [3.05, 3.63) is 23.5 Å². The highest BCUT2D eigenvalue weighted by Crippen LogP contribution is 2.15. The molecule has 0 saturated carbocycles. The molecular weight excluding hydrogens is 158 g/mol. The second-order valence-corrected chi connectivity index (χ2v) is 2.37. The molecule has 0 spiro atoms. The van der Waals surface area contributed by atoms with E-state index in [4.69, 9.17) is 0 Å². The summed E-state index contributed by atoms with van der Waals surface area (Å²) in [5, 5.41) is 9.23. The summed E-state index contributed by atoms with van der Waals surface area (Å²) in [7, 11) is 1.24. The van der Waals surface area contributed by atoms with Crippen molar-refractivity contribution in [2.24, 2.45) is 0 Å². The van der Waals surface area contributed by atoms with Gasteiger partial charge in [0.25, 0.3) is 0 Å². The van der Waals surface area contributed by atoms with E-state index in [0.717, 1.165) is 5.56 Å². The lowest BCUT2D eigenvalue weighted by Crippen LogP contribution is -2.04. The highest BCUT2D eigenvalue weighted by molar-refractivity contribution is 5.89. The molecule has 1 rings (SSSR count). The number of aromatic hydroxyl groups is 1. The molecule has 4 nitrogen and oxygen atoms in total. The van der Waals surface area contributed by atoms with Crippen LogP contribution >= 0.6 is 0 Å². The Morgan fingerprint density at radius 1 is 1.67 bits per heavy atom. The first-order chi connectivity index (χ1) is 5.65. The van der Waals surface area contributed by atoms with Crippen molar-refractivity contribution in [3.8, 4) is 5.75 Å². The number of carbonyl (C=O) groups is 1. The van der Waals surface area contributed by atoms with Crippen LogP contribution in [-0.2, 0) is 4.74 Å². The predicted octanol–water partition coefficient (Wildman–Crippen LogP) is 0.882. The number of hydrogen-bond acceptors (Lipinski definition) is 4. The van der Waals surface area contributed by atoms with Crippen molar-refractivity contribution in [1.29, 1.82) is 0 Å². The first kappa shape index (κ1) is 8.52. The van der Waals surface area contributed by atoms with Crippen LogP contribution in [0.15, 0.2) is 12.3 Å². The summed E-state index contributed by atoms with van der Waals surface area (Å²) in [4.78, 5) is 14.6. The number of esters is 1. The van der Waals surface area contributed by atoms with E-state index < -0.39 is 5.97 Å². The minimum absolute atomic E-state index is 0.0527. The highest BCUT2D eigenvalue weighted by Gasteiger charge is 2.12. The van der Waals surface area contributed by atoms with Crippen molar-refractivity contribution in [1.82, 2.24) is 4.98 Å². The molecule has 0 fully saturated rings. The van der Waals surface area contributed by atoms with Gasteiger partial charge in [0.05, 0.1) is 7.11 Å². The Morgan fingerprint density at radius 2 is 2.33 bits per heavy atom. The fourth-order valence-corrected chi connectivity index (χ4v) is 0.808. The molecule has 1 heterocycles. The van der Waals surface area contributed by atoms with E-state index in [0.29, 0.717) is 0 Å². The van der Waals surface area contributed by atoms with Crippen molar-refractivity contribution >= 4 is 5.97 Å². The van der Waals surface area contributed by atoms with E-state index in [1.165, 1.54) is 19.4 Å². The fraction of sp³-hybridized carbons (Fsp3) is 0.250. The lowest BCUT2D eigenvalue weighted by molar-refractivity contribution is 0.0590. The van der Waals surface area contributed by atoms with Gasteiger partial charge in [0.15, 0.2) is 5.69 Å². The zero-order valence-electron chi connectivity index (χ0n) is 6.87. The van der Waals surface area contributed by atoms with Gasteiger partial charge in [-0.15, -0.1) is 0 Å². The van der Waals surface area contributed by atoms with Gasteiger partial charge in [-0.05, 0) is 18.6 Å². The standard InChI is InChI=1S/C8H9NO3/c1-5-3-6(10)7(9-4-5)8(11)12-2/h3-4,10H,1-2H3. The fourth-order valence-electron chi connectivity index (χ4n) is 0.808. The van der Waals surface area contributed by atoms with Crippen molar-refractivity contribution in [2.45, 2.75) is 6.92 Å². The summed E-state index contributed by atoms with van der Waals surface area (Å²) in [6.45, 7) is 1.77. The molecule has 0 bridgehead atoms. The van der Waals surface area contributed by atoms with Gasteiger partial charge in [-0.3, -0.25) is 0 Å². The van der Waals surface area contributed by atoms with E-state index in [9.17, 15) is 9.90 Å². The van der Waals surface area contributed by atoms with Crippen molar-refractivity contribution in [3.63, 3.8) is 0 Å². The minimum Gasteiger partial charge on any atom is -0.505 e. The average Bonchev–Trinajstić information content (AvgIpc) is 2.03. The molecule has 4 heteroatoms. The number of nitrogens with zero attached hydrogens (tertiary/aromatic N) is 1. The Kier molecular flexibility index (Phi) is 2.28. The molecule has 0 aliphatic heterocycles. The summed E-state index contributed by atoms with van der Waals surface area (Å²) < 4.78 is 4.40. The Labute approximate surface area is 69.8 Å². The zero-order valence-corrected chi connectivity index (χ0v) is 6.87. The van der Waals surface area contributed by atoms with Gasteiger partial charge >= 0.3 is 5.97 Å². The average molecular weight is 167 g/mol. The summed E-state index contributed by atoms with van der Waals surface area (Å²) in [6.07, 6.45) is 1.49. The smallest absolute Gasteiger partial charge is 0.360 e. The number of ether oxygens (including phenoxy) is 1. The van der Waals surface area contributed by atoms with Crippen LogP contribution in [0.2, 0.25) is 0 Å². The molecule has 64 valence electrons. The van der Waals surface area contributed by atoms with Gasteiger partial charge in [-0.2, -0.15) is 0 Å². The molecule has 0 aliphatic carbocycles. The summed E-state index contributed by atoms with van der Waals surface area (Å²) in [6, 6.07) is 1.46. The van der Waals surface area contributed by atoms with E-state index in [1.807, 2.05) is 0 Å². The van der Waals surface area contributed by atoms with E-state index in [-0.39, 0.29) is 11.4 Å². The molecule has 1 aromatic heterocycles. The number of carbonyl (C=O) groups excluding carboxylic acids is 1. The Balaban J connectivity index is 3.09. The lowest BCUT2D eigenvalue weighted by Gasteiger charge is -2.01. The summed E-state index contributed by atoms with van der Waals surface area (Å²) in [5.74, 6) is -0.783. The first-order valence-corrected chi connectivity index (χ1v) is 3.39. The van der Waals surface area contributed by atoms with Gasteiger partial charge < -0.3 is 9.84 Å². The van der Waals surface area contributed by atoms with E-state index in [2.05, 4.69) is 9.72 Å². The van der Waals surface area contributed by atoms with Crippen LogP contribution < -0.4 is 0 Å². The lowest BCUT2D eigenvalue weighted by atomic mass is 10.2. The van der Waals surface area contributed by atoms with Crippen LogP contribution in [0.1, 0.15) is 16.1 Å². The van der Waals surface area contributed by atoms with Crippen LogP contribution in [0, 0.1) is 6.92 Å². The quantitative estimate of drug-likeness (QED) is 0.631. The third-order valence-corrected chi connectivity index (χ3v) is 1.38. The molecular formula is C8H9NO3. The molecule has 0 aromatic carbocycles. The number of hydrogen-bond donors (Lipinski definition) is 1. The van der Waals surface area contributed by atoms with Crippen molar-refractivity contribution in [2.75, 3.05) is 7.11 Å². The molecule has 0 unspecified atom stereocenters. The second kappa shape index (κ2) is 3.21. The summed E-state index contributed by atoms with van der Waals surface area (Å²) in [5.41, 5.74) is 0.739. The van der Waals surface area contributed by atoms with Gasteiger partial charge in [-0.25, -0.2) is 9.78 Å². The molecule has 0 aliphatic rings. The Hall–Kier alpha value is -1.58. The van der Waals surface area contributed by atoms with Crippen molar-refractivity contribution < 1.29 is 14.6 Å². The monoisotopic (exact) mass is 167 g/mol. The van der Waals surface area contributed by atoms with Gasteiger partial charge in [0.2, 0.25) is 0 Å². The Morgan fingerprint density at radius 3 is 2.83 bits per heavy atom. The largest absolute Gasteiger partial charge is 0.505 e. The minimum atomic E-state index is -0.632. The van der Waals surface area contributed by atoms with Crippen LogP contribution in [0.5, 0.6) is 5.75 Å². The van der Waals surface area contributed by atoms with Gasteiger partial charge in [0.1, 0.15) is 5.75 Å². The Bertz CT molecular complexity index is 309. The maximum absolute atomic E-state index is 10.9. The molecule has 0 saturated heterocycles. The molecule has 0 amide bonds. The maximum Gasteiger partial charge on any atom is 0.360 e. The number of aryl methyl sites for hydroxylation is 1. The molecule has 12 heavy (non-hydrogen) atoms. The van der Waals surface area contributed by atoms with Gasteiger partial charge in [-0.1, -0.05) is 0 Å². The first-order valence-electron chi connectivity index (χ1n) is 3.39. The number of rotatable bonds is 1. The molecule has 1 N–H and O–H groups in total. The van der Waals surface area contributed by atoms with Gasteiger partial charge in [0, 0.05) is 6.20 Å². The highest BCUT2D eigenvalue weighted by atomic mass is 16.5. The summed E-state index contributed by atoms with van der Waals surface area (Å²) >= 11 is 0. The van der Waals surface area contributed by atoms with Crippen LogP contribution in [0.4, 0.5) is 0 Å². The molecule has 0 atom stereocenters. The molecule has 0 radical (unpaired) electrons. The van der Waals surface area contributed by atoms with E-state index >= 15 is 0 Å². The third-order valence-electron chi connectivity index (χ3n) is 1.38. The topological polar surface area (TPSA) is 59.4 Å². The third kappa shape index (κ3) is 1.53. The number of methoxy groups -OCH3 is 1. The van der Waals surface area contributed by atoms with Crippen LogP contribution in [0.3, 0.4) is 0 Å². The van der Waals surface area contributed by atoms with Crippen LogP contribution in [0.25, 0.3) is 0 Å². The SMILES string of the molecule is COC(=O)c1ncc(C)cc1O. The number of aromatic nitrogens is 1.